The van der Waals surface area contributed by atoms with Gasteiger partial charge in [0.15, 0.2) is 0 Å². The van der Waals surface area contributed by atoms with Crippen molar-refractivity contribution < 1.29 is 19.1 Å². The Morgan fingerprint density at radius 1 is 1.42 bits per heavy atom. The first-order chi connectivity index (χ1) is 8.99. The number of benzene rings is 1. The Hall–Kier alpha value is -2.11. The van der Waals surface area contributed by atoms with Crippen molar-refractivity contribution in [2.45, 2.75) is 12.8 Å². The number of anilines is 1. The molecule has 1 aliphatic rings. The Morgan fingerprint density at radius 3 is 2.74 bits per heavy atom. The normalized spacial score (nSPS) is 19.2. The topological polar surface area (TPSA) is 83.6 Å². The zero-order chi connectivity index (χ0) is 14.0. The lowest BCUT2D eigenvalue weighted by Gasteiger charge is -2.33. The first kappa shape index (κ1) is 13.3. The molecule has 102 valence electrons. The van der Waals surface area contributed by atoms with Gasteiger partial charge in [0.05, 0.1) is 17.2 Å². The highest BCUT2D eigenvalue weighted by Gasteiger charge is 2.25. The van der Waals surface area contributed by atoms with E-state index in [1.165, 1.54) is 12.1 Å². The lowest BCUT2D eigenvalue weighted by Crippen LogP contribution is -2.41. The first-order valence-corrected chi connectivity index (χ1v) is 6.06. The Balaban J connectivity index is 2.22. The third-order valence-electron chi connectivity index (χ3n) is 3.36. The molecule has 0 aliphatic carbocycles. The zero-order valence-corrected chi connectivity index (χ0v) is 10.3. The Labute approximate surface area is 109 Å². The summed E-state index contributed by atoms with van der Waals surface area (Å²) in [4.78, 5) is 23.7. The summed E-state index contributed by atoms with van der Waals surface area (Å²) >= 11 is 0. The van der Waals surface area contributed by atoms with Crippen molar-refractivity contribution in [1.82, 2.24) is 0 Å². The molecule has 3 N–H and O–H groups in total. The lowest BCUT2D eigenvalue weighted by molar-refractivity contribution is -0.122. The van der Waals surface area contributed by atoms with Gasteiger partial charge < -0.3 is 15.7 Å². The van der Waals surface area contributed by atoms with Gasteiger partial charge in [-0.05, 0) is 31.0 Å². The monoisotopic (exact) mass is 266 g/mol. The van der Waals surface area contributed by atoms with Crippen molar-refractivity contribution in [3.63, 3.8) is 0 Å². The molecule has 0 saturated carbocycles. The largest absolute Gasteiger partial charge is 0.478 e. The van der Waals surface area contributed by atoms with Crippen LogP contribution in [0.15, 0.2) is 18.2 Å². The summed E-state index contributed by atoms with van der Waals surface area (Å²) in [6.45, 7) is 1.01. The molecule has 0 spiro atoms. The van der Waals surface area contributed by atoms with Crippen LogP contribution in [0.4, 0.5) is 10.1 Å². The number of amides is 1. The minimum absolute atomic E-state index is 0.0929. The highest BCUT2D eigenvalue weighted by Crippen LogP contribution is 2.26. The molecular weight excluding hydrogens is 251 g/mol. The standard InChI is InChI=1S/C13H15FN2O3/c14-10-6-8(13(18)19)3-4-11(10)16-5-1-2-9(7-16)12(15)17/h3-4,6,9H,1-2,5,7H2,(H2,15,17)(H,18,19). The van der Waals surface area contributed by atoms with E-state index in [1.807, 2.05) is 0 Å². The summed E-state index contributed by atoms with van der Waals surface area (Å²) in [5, 5.41) is 8.78. The van der Waals surface area contributed by atoms with E-state index >= 15 is 0 Å². The number of halogens is 1. The second-order valence-corrected chi connectivity index (χ2v) is 4.66. The van der Waals surface area contributed by atoms with Crippen molar-refractivity contribution >= 4 is 17.6 Å². The maximum Gasteiger partial charge on any atom is 0.335 e. The molecule has 1 unspecified atom stereocenters. The smallest absolute Gasteiger partial charge is 0.335 e. The molecule has 1 amide bonds. The summed E-state index contributed by atoms with van der Waals surface area (Å²) in [7, 11) is 0. The van der Waals surface area contributed by atoms with Crippen molar-refractivity contribution in [3.8, 4) is 0 Å². The van der Waals surface area contributed by atoms with E-state index in [9.17, 15) is 14.0 Å². The molecule has 6 heteroatoms. The van der Waals surface area contributed by atoms with Gasteiger partial charge >= 0.3 is 5.97 Å². The third-order valence-corrected chi connectivity index (χ3v) is 3.36. The number of hydrogen-bond donors (Lipinski definition) is 2. The van der Waals surface area contributed by atoms with Gasteiger partial charge in [0.2, 0.25) is 5.91 Å². The average molecular weight is 266 g/mol. The van der Waals surface area contributed by atoms with Gasteiger partial charge in [-0.15, -0.1) is 0 Å². The molecule has 0 aromatic heterocycles. The minimum atomic E-state index is -1.17. The summed E-state index contributed by atoms with van der Waals surface area (Å²) in [6, 6.07) is 3.78. The number of carboxylic acids is 1. The van der Waals surface area contributed by atoms with E-state index in [-0.39, 0.29) is 17.4 Å². The molecule has 5 nitrogen and oxygen atoms in total. The van der Waals surface area contributed by atoms with E-state index < -0.39 is 11.8 Å². The van der Waals surface area contributed by atoms with Crippen molar-refractivity contribution in [2.24, 2.45) is 11.7 Å². The SMILES string of the molecule is NC(=O)C1CCCN(c2ccc(C(=O)O)cc2F)C1. The maximum atomic E-state index is 13.9. The predicted octanol–water partition coefficient (Wildman–Crippen LogP) is 1.23. The first-order valence-electron chi connectivity index (χ1n) is 6.06. The lowest BCUT2D eigenvalue weighted by atomic mass is 9.97. The number of piperidine rings is 1. The fraction of sp³-hybridized carbons (Fsp3) is 0.385. The quantitative estimate of drug-likeness (QED) is 0.861. The second-order valence-electron chi connectivity index (χ2n) is 4.66. The number of nitrogens with zero attached hydrogens (tertiary/aromatic N) is 1. The van der Waals surface area contributed by atoms with Crippen LogP contribution in [-0.2, 0) is 4.79 Å². The Bertz CT molecular complexity index is 519. The van der Waals surface area contributed by atoms with Crippen molar-refractivity contribution in [3.05, 3.63) is 29.6 Å². The summed E-state index contributed by atoms with van der Waals surface area (Å²) in [5.74, 6) is -2.43. The predicted molar refractivity (Wildman–Crippen MR) is 67.5 cm³/mol. The third kappa shape index (κ3) is 2.83. The van der Waals surface area contributed by atoms with Crippen LogP contribution in [0.5, 0.6) is 0 Å². The zero-order valence-electron chi connectivity index (χ0n) is 10.3. The van der Waals surface area contributed by atoms with Crippen LogP contribution in [0.3, 0.4) is 0 Å². The maximum absolute atomic E-state index is 13.9. The van der Waals surface area contributed by atoms with Crippen LogP contribution >= 0.6 is 0 Å². The van der Waals surface area contributed by atoms with E-state index in [0.29, 0.717) is 25.2 Å². The van der Waals surface area contributed by atoms with Gasteiger partial charge in [-0.3, -0.25) is 4.79 Å². The number of carboxylic acid groups (broad SMARTS) is 1. The molecule has 0 radical (unpaired) electrons. The van der Waals surface area contributed by atoms with Gasteiger partial charge in [0.1, 0.15) is 5.82 Å². The van der Waals surface area contributed by atoms with Gasteiger partial charge in [-0.1, -0.05) is 0 Å². The van der Waals surface area contributed by atoms with Crippen LogP contribution < -0.4 is 10.6 Å². The summed E-state index contributed by atoms with van der Waals surface area (Å²) in [6.07, 6.45) is 1.47. The van der Waals surface area contributed by atoms with Gasteiger partial charge in [0, 0.05) is 13.1 Å². The highest BCUT2D eigenvalue weighted by molar-refractivity contribution is 5.88. The molecule has 1 aliphatic heterocycles. The molecule has 1 atom stereocenters. The van der Waals surface area contributed by atoms with E-state index in [1.54, 1.807) is 4.90 Å². The molecule has 1 aromatic rings. The molecular formula is C13H15FN2O3. The number of carbonyl (C=O) groups is 2. The van der Waals surface area contributed by atoms with E-state index in [0.717, 1.165) is 12.5 Å². The van der Waals surface area contributed by atoms with Crippen LogP contribution in [0.25, 0.3) is 0 Å². The molecule has 1 fully saturated rings. The molecule has 2 rings (SSSR count). The summed E-state index contributed by atoms with van der Waals surface area (Å²) in [5.41, 5.74) is 5.50. The molecule has 1 aromatic carbocycles. The van der Waals surface area contributed by atoms with Crippen LogP contribution in [0.1, 0.15) is 23.2 Å². The fourth-order valence-electron chi connectivity index (χ4n) is 2.32. The second kappa shape index (κ2) is 5.26. The number of nitrogens with two attached hydrogens (primary N) is 1. The minimum Gasteiger partial charge on any atom is -0.478 e. The van der Waals surface area contributed by atoms with Crippen LogP contribution in [0, 0.1) is 11.7 Å². The van der Waals surface area contributed by atoms with E-state index in [2.05, 4.69) is 0 Å². The van der Waals surface area contributed by atoms with Crippen molar-refractivity contribution in [1.29, 1.82) is 0 Å². The van der Waals surface area contributed by atoms with Gasteiger partial charge in [-0.25, -0.2) is 9.18 Å². The van der Waals surface area contributed by atoms with Crippen LogP contribution in [-0.4, -0.2) is 30.1 Å². The number of hydrogen-bond acceptors (Lipinski definition) is 3. The fourth-order valence-corrected chi connectivity index (χ4v) is 2.32. The van der Waals surface area contributed by atoms with Crippen molar-refractivity contribution in [2.75, 3.05) is 18.0 Å². The number of aromatic carboxylic acids is 1. The van der Waals surface area contributed by atoms with E-state index in [4.69, 9.17) is 10.8 Å². The van der Waals surface area contributed by atoms with Crippen LogP contribution in [0.2, 0.25) is 0 Å². The molecule has 1 saturated heterocycles. The highest BCUT2D eigenvalue weighted by atomic mass is 19.1. The average Bonchev–Trinajstić information content (AvgIpc) is 2.38. The Morgan fingerprint density at radius 2 is 2.16 bits per heavy atom. The Kier molecular flexibility index (Phi) is 3.69. The van der Waals surface area contributed by atoms with Gasteiger partial charge in [0.25, 0.3) is 0 Å². The van der Waals surface area contributed by atoms with Gasteiger partial charge in [-0.2, -0.15) is 0 Å². The molecule has 0 bridgehead atoms. The number of rotatable bonds is 3. The number of primary amides is 1. The molecule has 1 heterocycles. The molecule has 19 heavy (non-hydrogen) atoms. The number of carbonyl (C=O) groups excluding carboxylic acids is 1. The summed E-state index contributed by atoms with van der Waals surface area (Å²) < 4.78 is 13.9.